The van der Waals surface area contributed by atoms with Crippen LogP contribution in [0.5, 0.6) is 0 Å². The first-order chi connectivity index (χ1) is 8.47. The Bertz CT molecular complexity index is 380. The van der Waals surface area contributed by atoms with Crippen molar-refractivity contribution in [3.05, 3.63) is 18.0 Å². The second-order valence-corrected chi connectivity index (χ2v) is 6.10. The fourth-order valence-electron chi connectivity index (χ4n) is 2.88. The summed E-state index contributed by atoms with van der Waals surface area (Å²) in [7, 11) is 4.00. The Morgan fingerprint density at radius 1 is 1.50 bits per heavy atom. The summed E-state index contributed by atoms with van der Waals surface area (Å²) < 4.78 is 1.82. The van der Waals surface area contributed by atoms with E-state index in [0.717, 1.165) is 44.7 Å². The average Bonchev–Trinajstić information content (AvgIpc) is 2.68. The Balaban J connectivity index is 1.85. The van der Waals surface area contributed by atoms with Crippen LogP contribution in [0.15, 0.2) is 12.4 Å². The number of nitrogens with zero attached hydrogens (tertiary/aromatic N) is 3. The minimum atomic E-state index is -0.483. The molecule has 0 amide bonds. The van der Waals surface area contributed by atoms with Gasteiger partial charge in [-0.1, -0.05) is 6.92 Å². The number of likely N-dealkylation sites (N-methyl/N-ethyl adjacent to an activating group) is 1. The van der Waals surface area contributed by atoms with Gasteiger partial charge in [-0.05, 0) is 38.6 Å². The quantitative estimate of drug-likeness (QED) is 0.887. The van der Waals surface area contributed by atoms with E-state index in [2.05, 4.69) is 24.0 Å². The molecule has 4 heteroatoms. The zero-order valence-electron chi connectivity index (χ0n) is 11.8. The summed E-state index contributed by atoms with van der Waals surface area (Å²) in [5.74, 6) is 0.772. The van der Waals surface area contributed by atoms with Crippen LogP contribution in [0.3, 0.4) is 0 Å². The standard InChI is InChI=1S/C14H25N3O/c1-12-4-6-14(18,7-5-12)11-16(2)9-13-8-15-17(3)10-13/h8,10,12,18H,4-7,9,11H2,1-3H3. The molecule has 1 aliphatic rings. The summed E-state index contributed by atoms with van der Waals surface area (Å²) in [5.41, 5.74) is 0.719. The highest BCUT2D eigenvalue weighted by atomic mass is 16.3. The van der Waals surface area contributed by atoms with Gasteiger partial charge in [0.2, 0.25) is 0 Å². The van der Waals surface area contributed by atoms with E-state index in [-0.39, 0.29) is 0 Å². The first-order valence-electron chi connectivity index (χ1n) is 6.85. The van der Waals surface area contributed by atoms with E-state index in [9.17, 15) is 5.11 Å². The third-order valence-electron chi connectivity index (χ3n) is 3.98. The van der Waals surface area contributed by atoms with Crippen LogP contribution in [0.2, 0.25) is 0 Å². The molecule has 0 atom stereocenters. The molecule has 0 spiro atoms. The van der Waals surface area contributed by atoms with Gasteiger partial charge in [0.1, 0.15) is 0 Å². The molecule has 2 rings (SSSR count). The first-order valence-corrected chi connectivity index (χ1v) is 6.85. The van der Waals surface area contributed by atoms with Crippen LogP contribution in [-0.4, -0.2) is 39.0 Å². The van der Waals surface area contributed by atoms with E-state index < -0.39 is 5.60 Å². The van der Waals surface area contributed by atoms with E-state index in [1.807, 2.05) is 24.1 Å². The number of aryl methyl sites for hydroxylation is 1. The van der Waals surface area contributed by atoms with Crippen LogP contribution in [-0.2, 0) is 13.6 Å². The molecule has 1 N–H and O–H groups in total. The molecule has 1 aromatic heterocycles. The monoisotopic (exact) mass is 251 g/mol. The van der Waals surface area contributed by atoms with Gasteiger partial charge >= 0.3 is 0 Å². The van der Waals surface area contributed by atoms with E-state index >= 15 is 0 Å². The lowest BCUT2D eigenvalue weighted by Crippen LogP contribution is -2.43. The molecule has 1 aliphatic carbocycles. The number of hydrogen-bond donors (Lipinski definition) is 1. The number of aromatic nitrogens is 2. The highest BCUT2D eigenvalue weighted by Crippen LogP contribution is 2.32. The summed E-state index contributed by atoms with van der Waals surface area (Å²) in [4.78, 5) is 2.20. The fraction of sp³-hybridized carbons (Fsp3) is 0.786. The van der Waals surface area contributed by atoms with Gasteiger partial charge in [-0.15, -0.1) is 0 Å². The predicted octanol–water partition coefficient (Wildman–Crippen LogP) is 1.79. The Morgan fingerprint density at radius 3 is 2.72 bits per heavy atom. The Morgan fingerprint density at radius 2 is 2.17 bits per heavy atom. The van der Waals surface area contributed by atoms with Crippen LogP contribution in [0.1, 0.15) is 38.2 Å². The first kappa shape index (κ1) is 13.6. The topological polar surface area (TPSA) is 41.3 Å². The summed E-state index contributed by atoms with van der Waals surface area (Å²) in [5, 5.41) is 14.8. The van der Waals surface area contributed by atoms with Crippen molar-refractivity contribution in [2.45, 2.75) is 44.8 Å². The van der Waals surface area contributed by atoms with Crippen LogP contribution in [0, 0.1) is 5.92 Å². The molecule has 0 saturated heterocycles. The molecule has 1 saturated carbocycles. The highest BCUT2D eigenvalue weighted by Gasteiger charge is 2.32. The second-order valence-electron chi connectivity index (χ2n) is 6.10. The Labute approximate surface area is 110 Å². The molecule has 4 nitrogen and oxygen atoms in total. The van der Waals surface area contributed by atoms with Gasteiger partial charge < -0.3 is 5.11 Å². The van der Waals surface area contributed by atoms with Crippen molar-refractivity contribution in [2.24, 2.45) is 13.0 Å². The molecule has 0 unspecified atom stereocenters. The number of aliphatic hydroxyl groups is 1. The summed E-state index contributed by atoms with van der Waals surface area (Å²) >= 11 is 0. The van der Waals surface area contributed by atoms with Crippen molar-refractivity contribution in [1.29, 1.82) is 0 Å². The third-order valence-corrected chi connectivity index (χ3v) is 3.98. The normalized spacial score (nSPS) is 28.8. The minimum Gasteiger partial charge on any atom is -0.389 e. The van der Waals surface area contributed by atoms with Crippen molar-refractivity contribution < 1.29 is 5.11 Å². The molecule has 18 heavy (non-hydrogen) atoms. The van der Waals surface area contributed by atoms with Crippen LogP contribution in [0.4, 0.5) is 0 Å². The van der Waals surface area contributed by atoms with E-state index in [1.54, 1.807) is 0 Å². The van der Waals surface area contributed by atoms with Crippen LogP contribution in [0.25, 0.3) is 0 Å². The maximum Gasteiger partial charge on any atom is 0.0774 e. The average molecular weight is 251 g/mol. The molecule has 0 aromatic carbocycles. The number of hydrogen-bond acceptors (Lipinski definition) is 3. The predicted molar refractivity (Wildman–Crippen MR) is 72.1 cm³/mol. The zero-order valence-corrected chi connectivity index (χ0v) is 11.8. The van der Waals surface area contributed by atoms with E-state index in [1.165, 1.54) is 5.56 Å². The Kier molecular flexibility index (Phi) is 4.07. The lowest BCUT2D eigenvalue weighted by Gasteiger charge is -2.37. The SMILES string of the molecule is CC1CCC(O)(CN(C)Cc2cnn(C)c2)CC1. The van der Waals surface area contributed by atoms with Gasteiger partial charge in [0.25, 0.3) is 0 Å². The molecule has 0 bridgehead atoms. The van der Waals surface area contributed by atoms with Gasteiger partial charge in [-0.3, -0.25) is 9.58 Å². The molecule has 102 valence electrons. The minimum absolute atomic E-state index is 0.483. The van der Waals surface area contributed by atoms with Crippen LogP contribution >= 0.6 is 0 Å². The molecular weight excluding hydrogens is 226 g/mol. The summed E-state index contributed by atoms with van der Waals surface area (Å²) in [6.07, 6.45) is 8.10. The third kappa shape index (κ3) is 3.56. The summed E-state index contributed by atoms with van der Waals surface area (Å²) in [6.45, 7) is 3.89. The summed E-state index contributed by atoms with van der Waals surface area (Å²) in [6, 6.07) is 0. The molecule has 1 aromatic rings. The van der Waals surface area contributed by atoms with Crippen molar-refractivity contribution >= 4 is 0 Å². The second kappa shape index (κ2) is 5.41. The molecule has 1 fully saturated rings. The maximum atomic E-state index is 10.6. The van der Waals surface area contributed by atoms with Gasteiger partial charge in [0, 0.05) is 31.9 Å². The van der Waals surface area contributed by atoms with Gasteiger partial charge in [0.15, 0.2) is 0 Å². The smallest absolute Gasteiger partial charge is 0.0774 e. The Hall–Kier alpha value is -0.870. The van der Waals surface area contributed by atoms with Crippen molar-refractivity contribution in [2.75, 3.05) is 13.6 Å². The molecular formula is C14H25N3O. The number of rotatable bonds is 4. The lowest BCUT2D eigenvalue weighted by atomic mass is 9.79. The van der Waals surface area contributed by atoms with Crippen LogP contribution < -0.4 is 0 Å². The molecule has 0 radical (unpaired) electrons. The van der Waals surface area contributed by atoms with E-state index in [4.69, 9.17) is 0 Å². The van der Waals surface area contributed by atoms with Gasteiger partial charge in [-0.25, -0.2) is 0 Å². The van der Waals surface area contributed by atoms with E-state index in [0.29, 0.717) is 0 Å². The fourth-order valence-corrected chi connectivity index (χ4v) is 2.88. The van der Waals surface area contributed by atoms with Gasteiger partial charge in [-0.2, -0.15) is 5.10 Å². The zero-order chi connectivity index (χ0) is 13.2. The highest BCUT2D eigenvalue weighted by molar-refractivity contribution is 5.03. The lowest BCUT2D eigenvalue weighted by molar-refractivity contribution is -0.0315. The molecule has 0 aliphatic heterocycles. The molecule has 1 heterocycles. The van der Waals surface area contributed by atoms with Crippen molar-refractivity contribution in [3.8, 4) is 0 Å². The maximum absolute atomic E-state index is 10.6. The van der Waals surface area contributed by atoms with Gasteiger partial charge in [0.05, 0.1) is 11.8 Å². The largest absolute Gasteiger partial charge is 0.389 e. The van der Waals surface area contributed by atoms with Crippen molar-refractivity contribution in [1.82, 2.24) is 14.7 Å². The van der Waals surface area contributed by atoms with Crippen molar-refractivity contribution in [3.63, 3.8) is 0 Å².